The van der Waals surface area contributed by atoms with Crippen LogP contribution in [0.2, 0.25) is 0 Å². The van der Waals surface area contributed by atoms with Crippen LogP contribution in [0, 0.1) is 0 Å². The Morgan fingerprint density at radius 2 is 1.89 bits per heavy atom. The molecule has 0 saturated carbocycles. The number of hydrogen-bond acceptors (Lipinski definition) is 1. The van der Waals surface area contributed by atoms with Crippen molar-refractivity contribution in [3.05, 3.63) is 65.8 Å². The van der Waals surface area contributed by atoms with Crippen LogP contribution in [-0.2, 0) is 17.6 Å². The minimum absolute atomic E-state index is 0.325. The molecule has 0 heterocycles. The molecular weight excluding hydrogens is 236 g/mol. The summed E-state index contributed by atoms with van der Waals surface area (Å²) < 4.78 is 0. The van der Waals surface area contributed by atoms with Crippen molar-refractivity contribution in [1.29, 1.82) is 0 Å². The fourth-order valence-corrected chi connectivity index (χ4v) is 2.42. The molecule has 1 aliphatic rings. The van der Waals surface area contributed by atoms with Gasteiger partial charge in [0.15, 0.2) is 0 Å². The Morgan fingerprint density at radius 1 is 1.16 bits per heavy atom. The van der Waals surface area contributed by atoms with Crippen LogP contribution in [0.15, 0.2) is 49.1 Å². The smallest absolute Gasteiger partial charge is 0.336 e. The Kier molecular flexibility index (Phi) is 4.35. The summed E-state index contributed by atoms with van der Waals surface area (Å²) in [5.41, 5.74) is 3.76. The molecule has 0 aromatic heterocycles. The summed E-state index contributed by atoms with van der Waals surface area (Å²) in [6, 6.07) is 6.00. The van der Waals surface area contributed by atoms with Crippen LogP contribution in [0.1, 0.15) is 29.5 Å². The van der Waals surface area contributed by atoms with E-state index < -0.39 is 5.97 Å². The highest BCUT2D eigenvalue weighted by Gasteiger charge is 2.14. The van der Waals surface area contributed by atoms with E-state index in [1.54, 1.807) is 24.3 Å². The van der Waals surface area contributed by atoms with E-state index in [4.69, 9.17) is 0 Å². The van der Waals surface area contributed by atoms with Gasteiger partial charge in [0.25, 0.3) is 0 Å². The quantitative estimate of drug-likeness (QED) is 0.656. The molecule has 0 aliphatic heterocycles. The Labute approximate surface area is 113 Å². The molecule has 98 valence electrons. The number of carboxylic acids is 1. The van der Waals surface area contributed by atoms with Crippen LogP contribution in [0.5, 0.6) is 0 Å². The van der Waals surface area contributed by atoms with Gasteiger partial charge < -0.3 is 5.11 Å². The molecule has 1 aromatic rings. The standard InChI is InChI=1S/C17H18O2/c1-2-3-4-9-16(17(18)19)15-11-10-13-7-5-6-8-14(13)12-15/h2-4,9-12H,1,5-8H2,(H,18,19). The van der Waals surface area contributed by atoms with Crippen molar-refractivity contribution in [2.45, 2.75) is 25.7 Å². The fraction of sp³-hybridized carbons (Fsp3) is 0.235. The number of benzene rings is 1. The van der Waals surface area contributed by atoms with E-state index in [9.17, 15) is 9.90 Å². The number of carboxylic acid groups (broad SMARTS) is 1. The zero-order chi connectivity index (χ0) is 13.7. The number of rotatable bonds is 4. The molecule has 2 heteroatoms. The monoisotopic (exact) mass is 254 g/mol. The largest absolute Gasteiger partial charge is 0.478 e. The molecule has 0 radical (unpaired) electrons. The highest BCUT2D eigenvalue weighted by molar-refractivity contribution is 6.15. The van der Waals surface area contributed by atoms with E-state index in [0.29, 0.717) is 5.57 Å². The first-order chi connectivity index (χ1) is 9.22. The van der Waals surface area contributed by atoms with Crippen LogP contribution in [0.3, 0.4) is 0 Å². The first-order valence-electron chi connectivity index (χ1n) is 6.57. The van der Waals surface area contributed by atoms with Gasteiger partial charge >= 0.3 is 5.97 Å². The second-order valence-electron chi connectivity index (χ2n) is 4.70. The first-order valence-corrected chi connectivity index (χ1v) is 6.57. The van der Waals surface area contributed by atoms with Crippen molar-refractivity contribution < 1.29 is 9.90 Å². The summed E-state index contributed by atoms with van der Waals surface area (Å²) in [7, 11) is 0. The number of allylic oxidation sites excluding steroid dienone is 4. The summed E-state index contributed by atoms with van der Waals surface area (Å²) >= 11 is 0. The van der Waals surface area contributed by atoms with Crippen LogP contribution in [-0.4, -0.2) is 11.1 Å². The number of aliphatic carboxylic acids is 1. The van der Waals surface area contributed by atoms with Crippen molar-refractivity contribution in [3.63, 3.8) is 0 Å². The normalized spacial score (nSPS) is 15.3. The third-order valence-electron chi connectivity index (χ3n) is 3.40. The molecule has 0 unspecified atom stereocenters. The van der Waals surface area contributed by atoms with E-state index in [1.807, 2.05) is 12.1 Å². The number of aryl methyl sites for hydroxylation is 2. The zero-order valence-electron chi connectivity index (χ0n) is 10.9. The van der Waals surface area contributed by atoms with Gasteiger partial charge in [-0.15, -0.1) is 0 Å². The van der Waals surface area contributed by atoms with Gasteiger partial charge in [-0.3, -0.25) is 0 Å². The predicted octanol–water partition coefficient (Wildman–Crippen LogP) is 3.78. The van der Waals surface area contributed by atoms with Gasteiger partial charge in [-0.25, -0.2) is 4.79 Å². The average molecular weight is 254 g/mol. The molecule has 1 aliphatic carbocycles. The third-order valence-corrected chi connectivity index (χ3v) is 3.40. The minimum Gasteiger partial charge on any atom is -0.478 e. The summed E-state index contributed by atoms with van der Waals surface area (Å²) in [6.07, 6.45) is 11.3. The molecule has 0 bridgehead atoms. The Morgan fingerprint density at radius 3 is 2.58 bits per heavy atom. The van der Waals surface area contributed by atoms with Gasteiger partial charge in [-0.2, -0.15) is 0 Å². The fourth-order valence-electron chi connectivity index (χ4n) is 2.42. The Balaban J connectivity index is 2.37. The molecule has 0 saturated heterocycles. The van der Waals surface area contributed by atoms with Crippen molar-refractivity contribution in [2.24, 2.45) is 0 Å². The van der Waals surface area contributed by atoms with Crippen molar-refractivity contribution in [2.75, 3.05) is 0 Å². The molecule has 19 heavy (non-hydrogen) atoms. The molecule has 0 amide bonds. The highest BCUT2D eigenvalue weighted by atomic mass is 16.4. The SMILES string of the molecule is C=CC=CC=C(C(=O)O)c1ccc2c(c1)CCCC2. The molecular formula is C17H18O2. The van der Waals surface area contributed by atoms with Crippen LogP contribution < -0.4 is 0 Å². The van der Waals surface area contributed by atoms with E-state index in [0.717, 1.165) is 18.4 Å². The predicted molar refractivity (Wildman–Crippen MR) is 78.0 cm³/mol. The second kappa shape index (κ2) is 6.19. The van der Waals surface area contributed by atoms with Crippen LogP contribution in [0.4, 0.5) is 0 Å². The number of hydrogen-bond donors (Lipinski definition) is 1. The lowest BCUT2D eigenvalue weighted by molar-refractivity contribution is -0.130. The molecule has 0 fully saturated rings. The third kappa shape index (κ3) is 3.22. The summed E-state index contributed by atoms with van der Waals surface area (Å²) in [5.74, 6) is -0.899. The van der Waals surface area contributed by atoms with Gasteiger partial charge in [0.2, 0.25) is 0 Å². The van der Waals surface area contributed by atoms with Crippen molar-refractivity contribution in [3.8, 4) is 0 Å². The van der Waals surface area contributed by atoms with Gasteiger partial charge in [-0.05, 0) is 48.4 Å². The Hall–Kier alpha value is -2.09. The summed E-state index contributed by atoms with van der Waals surface area (Å²) in [4.78, 5) is 11.3. The first kappa shape index (κ1) is 13.3. The molecule has 0 spiro atoms. The topological polar surface area (TPSA) is 37.3 Å². The minimum atomic E-state index is -0.899. The molecule has 2 nitrogen and oxygen atoms in total. The van der Waals surface area contributed by atoms with E-state index in [2.05, 4.69) is 12.6 Å². The zero-order valence-corrected chi connectivity index (χ0v) is 10.9. The lowest BCUT2D eigenvalue weighted by Gasteiger charge is -2.16. The number of carbonyl (C=O) groups is 1. The lowest BCUT2D eigenvalue weighted by Crippen LogP contribution is -2.05. The molecule has 1 N–H and O–H groups in total. The van der Waals surface area contributed by atoms with Crippen molar-refractivity contribution >= 4 is 11.5 Å². The maximum atomic E-state index is 11.3. The van der Waals surface area contributed by atoms with Gasteiger partial charge in [-0.1, -0.05) is 43.0 Å². The van der Waals surface area contributed by atoms with E-state index >= 15 is 0 Å². The maximum Gasteiger partial charge on any atom is 0.336 e. The van der Waals surface area contributed by atoms with Crippen LogP contribution >= 0.6 is 0 Å². The van der Waals surface area contributed by atoms with Gasteiger partial charge in [0.1, 0.15) is 0 Å². The van der Waals surface area contributed by atoms with E-state index in [1.165, 1.54) is 24.0 Å². The van der Waals surface area contributed by atoms with Crippen molar-refractivity contribution in [1.82, 2.24) is 0 Å². The molecule has 2 rings (SSSR count). The van der Waals surface area contributed by atoms with Gasteiger partial charge in [0, 0.05) is 0 Å². The lowest BCUT2D eigenvalue weighted by atomic mass is 9.89. The average Bonchev–Trinajstić information content (AvgIpc) is 2.43. The second-order valence-corrected chi connectivity index (χ2v) is 4.70. The summed E-state index contributed by atoms with van der Waals surface area (Å²) in [5, 5.41) is 9.30. The molecule has 0 atom stereocenters. The van der Waals surface area contributed by atoms with Gasteiger partial charge in [0.05, 0.1) is 5.57 Å². The highest BCUT2D eigenvalue weighted by Crippen LogP contribution is 2.25. The maximum absolute atomic E-state index is 11.3. The van der Waals surface area contributed by atoms with Crippen LogP contribution in [0.25, 0.3) is 5.57 Å². The van der Waals surface area contributed by atoms with E-state index in [-0.39, 0.29) is 0 Å². The summed E-state index contributed by atoms with van der Waals surface area (Å²) in [6.45, 7) is 3.57. The Bertz CT molecular complexity index is 550. The molecule has 1 aromatic carbocycles. The number of fused-ring (bicyclic) bond motifs is 1.